The second-order valence-electron chi connectivity index (χ2n) is 12.5. The number of benzene rings is 4. The van der Waals surface area contributed by atoms with Crippen LogP contribution in [0.25, 0.3) is 10.9 Å². The van der Waals surface area contributed by atoms with Crippen molar-refractivity contribution >= 4 is 44.2 Å². The van der Waals surface area contributed by atoms with E-state index in [0.717, 1.165) is 72.2 Å². The number of rotatable bonds is 9. The highest BCUT2D eigenvalue weighted by atomic mass is 35.5. The van der Waals surface area contributed by atoms with Gasteiger partial charge in [-0.25, -0.2) is 9.40 Å². The number of aromatic amines is 1. The molecule has 0 amide bonds. The summed E-state index contributed by atoms with van der Waals surface area (Å²) in [4.78, 5) is 7.84. The number of halogens is 2. The number of nitrogens with zero attached hydrogens (tertiary/aromatic N) is 5. The summed E-state index contributed by atoms with van der Waals surface area (Å²) in [6.45, 7) is 4.15. The Morgan fingerprint density at radius 2 is 1.61 bits per heavy atom. The molecule has 1 fully saturated rings. The van der Waals surface area contributed by atoms with Gasteiger partial charge in [0.2, 0.25) is 5.96 Å². The third-order valence-electron chi connectivity index (χ3n) is 9.28. The molecule has 0 spiro atoms. The van der Waals surface area contributed by atoms with Crippen LogP contribution in [0, 0.1) is 5.82 Å². The summed E-state index contributed by atoms with van der Waals surface area (Å²) in [5, 5.41) is 8.41. The fourth-order valence-corrected chi connectivity index (χ4v) is 7.81. The van der Waals surface area contributed by atoms with E-state index < -0.39 is 10.0 Å². The molecule has 1 aromatic heterocycles. The summed E-state index contributed by atoms with van der Waals surface area (Å²) < 4.78 is 45.7. The van der Waals surface area contributed by atoms with Crippen molar-refractivity contribution < 1.29 is 12.8 Å². The zero-order chi connectivity index (χ0) is 33.8. The first-order chi connectivity index (χ1) is 23.8. The number of aryl methyl sites for hydroxylation is 1. The number of guanidine groups is 1. The molecule has 2 aliphatic heterocycles. The smallest absolute Gasteiger partial charge is 0.285 e. The zero-order valence-electron chi connectivity index (χ0n) is 27.1. The largest absolute Gasteiger partial charge is 0.361 e. The van der Waals surface area contributed by atoms with Crippen LogP contribution in [0.5, 0.6) is 0 Å². The average molecular weight is 697 g/mol. The molecule has 7 rings (SSSR count). The van der Waals surface area contributed by atoms with Gasteiger partial charge in [0.1, 0.15) is 5.82 Å². The number of hydrogen-bond acceptors (Lipinski definition) is 4. The Hall–Kier alpha value is -4.51. The maximum atomic E-state index is 13.8. The molecule has 1 atom stereocenters. The zero-order valence-corrected chi connectivity index (χ0v) is 28.6. The van der Waals surface area contributed by atoms with Gasteiger partial charge in [0.15, 0.2) is 0 Å². The number of sulfonamides is 1. The van der Waals surface area contributed by atoms with Gasteiger partial charge < -0.3 is 9.88 Å². The third-order valence-corrected chi connectivity index (χ3v) is 10.8. The lowest BCUT2D eigenvalue weighted by molar-refractivity contribution is 0.168. The second-order valence-corrected chi connectivity index (χ2v) is 14.5. The van der Waals surface area contributed by atoms with E-state index in [0.29, 0.717) is 30.6 Å². The van der Waals surface area contributed by atoms with Gasteiger partial charge in [0.05, 0.1) is 17.2 Å². The molecule has 1 saturated heterocycles. The van der Waals surface area contributed by atoms with Crippen LogP contribution in [0.3, 0.4) is 0 Å². The maximum absolute atomic E-state index is 13.8. The van der Waals surface area contributed by atoms with E-state index in [2.05, 4.69) is 26.4 Å². The molecule has 8 nitrogen and oxygen atoms in total. The van der Waals surface area contributed by atoms with E-state index in [1.807, 2.05) is 53.6 Å². The van der Waals surface area contributed by atoms with Crippen molar-refractivity contribution in [1.82, 2.24) is 19.8 Å². The lowest BCUT2D eigenvalue weighted by atomic mass is 9.91. The molecule has 4 aromatic carbocycles. The van der Waals surface area contributed by atoms with Gasteiger partial charge in [0.25, 0.3) is 10.0 Å². The van der Waals surface area contributed by atoms with Crippen LogP contribution in [0.1, 0.15) is 35.4 Å². The van der Waals surface area contributed by atoms with Gasteiger partial charge in [-0.15, -0.1) is 4.40 Å². The Kier molecular flexibility index (Phi) is 9.79. The quantitative estimate of drug-likeness (QED) is 0.101. The van der Waals surface area contributed by atoms with Crippen molar-refractivity contribution in [1.29, 1.82) is 0 Å². The maximum Gasteiger partial charge on any atom is 0.285 e. The lowest BCUT2D eigenvalue weighted by Crippen LogP contribution is -2.52. The Morgan fingerprint density at radius 1 is 0.898 bits per heavy atom. The Labute approximate surface area is 291 Å². The van der Waals surface area contributed by atoms with E-state index in [-0.39, 0.29) is 16.6 Å². The van der Waals surface area contributed by atoms with E-state index in [9.17, 15) is 12.8 Å². The summed E-state index contributed by atoms with van der Waals surface area (Å²) in [5.41, 5.74) is 4.94. The summed E-state index contributed by atoms with van der Waals surface area (Å²) in [5.74, 6) is 0.0176. The highest BCUT2D eigenvalue weighted by molar-refractivity contribution is 7.90. The first kappa shape index (κ1) is 33.0. The molecule has 2 aliphatic rings. The van der Waals surface area contributed by atoms with Crippen LogP contribution >= 0.6 is 11.6 Å². The standard InChI is InChI=1S/C38H38ClFN6O2S/c39-31-16-14-29(15-17-31)37-35(28-9-3-1-4-10-28)27-46(42-37)38(43-49(47,48)33-12-5-2-6-13-33)45-23-21-44(22-24-45)20-8-7-11-30-26-41-36-19-18-32(40)25-34(30)36/h1-6,9-10,12-19,25-26,35,41H,7-8,11,20-24,27H2. The van der Waals surface area contributed by atoms with Crippen LogP contribution in [-0.4, -0.2) is 79.2 Å². The topological polar surface area (TPSA) is 84.4 Å². The molecule has 1 N–H and O–H groups in total. The van der Waals surface area contributed by atoms with E-state index in [4.69, 9.17) is 16.7 Å². The minimum absolute atomic E-state index is 0.0954. The van der Waals surface area contributed by atoms with Crippen molar-refractivity contribution in [2.75, 3.05) is 39.3 Å². The molecule has 0 radical (unpaired) electrons. The Bertz CT molecular complexity index is 2060. The van der Waals surface area contributed by atoms with Crippen LogP contribution in [-0.2, 0) is 16.4 Å². The SMILES string of the molecule is O=S(=O)(N=C(N1CCN(CCCCc2c[nH]c3ccc(F)cc23)CC1)N1CC(c2ccccc2)C(c2ccc(Cl)cc2)=N1)c1ccccc1. The van der Waals surface area contributed by atoms with E-state index >= 15 is 0 Å². The normalized spacial score (nSPS) is 17.6. The number of piperazine rings is 1. The van der Waals surface area contributed by atoms with Crippen LogP contribution < -0.4 is 0 Å². The number of fused-ring (bicyclic) bond motifs is 1. The van der Waals surface area contributed by atoms with Gasteiger partial charge in [-0.05, 0) is 85.0 Å². The number of hydrogen-bond donors (Lipinski definition) is 1. The average Bonchev–Trinajstić information content (AvgIpc) is 3.75. The summed E-state index contributed by atoms with van der Waals surface area (Å²) in [7, 11) is -4.01. The molecule has 252 valence electrons. The molecule has 0 bridgehead atoms. The summed E-state index contributed by atoms with van der Waals surface area (Å²) >= 11 is 6.22. The summed E-state index contributed by atoms with van der Waals surface area (Å²) in [6.07, 6.45) is 4.85. The van der Waals surface area contributed by atoms with E-state index in [1.54, 1.807) is 47.5 Å². The van der Waals surface area contributed by atoms with Crippen LogP contribution in [0.2, 0.25) is 5.02 Å². The monoisotopic (exact) mass is 696 g/mol. The van der Waals surface area contributed by atoms with Gasteiger partial charge in [-0.3, -0.25) is 4.90 Å². The third kappa shape index (κ3) is 7.56. The minimum Gasteiger partial charge on any atom is -0.361 e. The van der Waals surface area contributed by atoms with Gasteiger partial charge in [-0.2, -0.15) is 13.5 Å². The number of aromatic nitrogens is 1. The second kappa shape index (κ2) is 14.5. The Morgan fingerprint density at radius 3 is 2.35 bits per heavy atom. The Balaban J connectivity index is 1.09. The molecule has 0 saturated carbocycles. The van der Waals surface area contributed by atoms with E-state index in [1.165, 1.54) is 6.07 Å². The predicted molar refractivity (Wildman–Crippen MR) is 194 cm³/mol. The van der Waals surface area contributed by atoms with Crippen molar-refractivity contribution in [2.24, 2.45) is 9.50 Å². The minimum atomic E-state index is -4.01. The highest BCUT2D eigenvalue weighted by Crippen LogP contribution is 2.31. The molecule has 49 heavy (non-hydrogen) atoms. The van der Waals surface area contributed by atoms with Crippen molar-refractivity contribution in [2.45, 2.75) is 30.1 Å². The molecule has 1 unspecified atom stereocenters. The van der Waals surface area contributed by atoms with Crippen molar-refractivity contribution in [3.63, 3.8) is 0 Å². The number of nitrogens with one attached hydrogen (secondary N) is 1. The van der Waals surface area contributed by atoms with Crippen LogP contribution in [0.4, 0.5) is 4.39 Å². The van der Waals surface area contributed by atoms with Gasteiger partial charge >= 0.3 is 0 Å². The van der Waals surface area contributed by atoms with Crippen molar-refractivity contribution in [3.05, 3.63) is 137 Å². The molecule has 3 heterocycles. The summed E-state index contributed by atoms with van der Waals surface area (Å²) in [6, 6.07) is 30.9. The van der Waals surface area contributed by atoms with Gasteiger partial charge in [-0.1, -0.05) is 72.3 Å². The molecular weight excluding hydrogens is 659 g/mol. The lowest BCUT2D eigenvalue weighted by Gasteiger charge is -2.38. The van der Waals surface area contributed by atoms with Gasteiger partial charge in [0, 0.05) is 54.2 Å². The fraction of sp³-hybridized carbons (Fsp3) is 0.263. The van der Waals surface area contributed by atoms with Crippen LogP contribution in [0.15, 0.2) is 124 Å². The molecule has 11 heteroatoms. The fourth-order valence-electron chi connectivity index (χ4n) is 6.66. The van der Waals surface area contributed by atoms with Crippen molar-refractivity contribution in [3.8, 4) is 0 Å². The predicted octanol–water partition coefficient (Wildman–Crippen LogP) is 7.15. The molecular formula is C38H38ClFN6O2S. The molecule has 0 aliphatic carbocycles. The number of H-pyrrole nitrogens is 1. The first-order valence-corrected chi connectivity index (χ1v) is 18.5. The molecule has 5 aromatic rings. The number of hydrazone groups is 1. The number of unbranched alkanes of at least 4 members (excludes halogenated alkanes) is 1. The first-order valence-electron chi connectivity index (χ1n) is 16.6. The highest BCUT2D eigenvalue weighted by Gasteiger charge is 2.35.